The number of benzene rings is 2. The molecule has 1 aromatic heterocycles. The van der Waals surface area contributed by atoms with Gasteiger partial charge in [-0.2, -0.15) is 9.78 Å². The molecule has 0 saturated carbocycles. The van der Waals surface area contributed by atoms with Gasteiger partial charge in [-0.05, 0) is 36.1 Å². The number of nitrogens with zero attached hydrogens (tertiary/aromatic N) is 5. The maximum Gasteiger partial charge on any atom is 0.299 e. The Morgan fingerprint density at radius 3 is 2.77 bits per heavy atom. The zero-order valence-corrected chi connectivity index (χ0v) is 17.3. The first-order valence-electron chi connectivity index (χ1n) is 8.79. The van der Waals surface area contributed by atoms with E-state index in [0.29, 0.717) is 22.6 Å². The highest BCUT2D eigenvalue weighted by atomic mass is 32.2. The van der Waals surface area contributed by atoms with Crippen LogP contribution in [0.2, 0.25) is 0 Å². The zero-order chi connectivity index (χ0) is 22.4. The maximum atomic E-state index is 13.1. The van der Waals surface area contributed by atoms with Gasteiger partial charge in [0.2, 0.25) is 11.0 Å². The van der Waals surface area contributed by atoms with Crippen LogP contribution in [0.25, 0.3) is 0 Å². The molecule has 0 spiro atoms. The van der Waals surface area contributed by atoms with Crippen molar-refractivity contribution in [3.63, 3.8) is 0 Å². The summed E-state index contributed by atoms with van der Waals surface area (Å²) in [4.78, 5) is 10.4. The van der Waals surface area contributed by atoms with Gasteiger partial charge in [-0.15, -0.1) is 10.2 Å². The minimum atomic E-state index is -2.82. The van der Waals surface area contributed by atoms with E-state index in [1.54, 1.807) is 30.5 Å². The molecule has 0 saturated heterocycles. The summed E-state index contributed by atoms with van der Waals surface area (Å²) in [6.45, 7) is 0.0665. The number of methoxy groups -OCH3 is 1. The van der Waals surface area contributed by atoms with Crippen molar-refractivity contribution < 1.29 is 23.2 Å². The van der Waals surface area contributed by atoms with Crippen LogP contribution in [0.15, 0.2) is 52.7 Å². The maximum absolute atomic E-state index is 13.1. The lowest BCUT2D eigenvalue weighted by molar-refractivity contribution is -0.384. The van der Waals surface area contributed by atoms with E-state index in [4.69, 9.17) is 9.47 Å². The molecular formula is C19H17F2N5O4S. The fourth-order valence-electron chi connectivity index (χ4n) is 2.61. The van der Waals surface area contributed by atoms with Gasteiger partial charge in [-0.1, -0.05) is 17.8 Å². The Morgan fingerprint density at radius 2 is 2.10 bits per heavy atom. The lowest BCUT2D eigenvalue weighted by Crippen LogP contribution is -2.02. The van der Waals surface area contributed by atoms with Gasteiger partial charge in [0, 0.05) is 11.6 Å². The highest BCUT2D eigenvalue weighted by molar-refractivity contribution is 7.98. The SMILES string of the molecule is COc1ccc(/C=N\n2c(SC)nnc2C(F)F)cc1COc1cccc([N+](=O)[O-])c1. The minimum absolute atomic E-state index is 0.0665. The third-order valence-electron chi connectivity index (χ3n) is 4.06. The summed E-state index contributed by atoms with van der Waals surface area (Å²) in [5.74, 6) is 0.305. The van der Waals surface area contributed by atoms with Crippen LogP contribution in [0.5, 0.6) is 11.5 Å². The van der Waals surface area contributed by atoms with Gasteiger partial charge in [0.15, 0.2) is 0 Å². The van der Waals surface area contributed by atoms with Crippen LogP contribution in [0.1, 0.15) is 23.4 Å². The molecule has 0 amide bonds. The molecule has 0 unspecified atom stereocenters. The van der Waals surface area contributed by atoms with E-state index in [1.165, 1.54) is 31.5 Å². The number of non-ortho nitro benzene ring substituents is 1. The molecule has 9 nitrogen and oxygen atoms in total. The molecule has 1 heterocycles. The number of thioether (sulfide) groups is 1. The molecule has 0 atom stereocenters. The Balaban J connectivity index is 1.83. The number of aromatic nitrogens is 3. The second-order valence-electron chi connectivity index (χ2n) is 6.02. The molecular weight excluding hydrogens is 432 g/mol. The summed E-state index contributed by atoms with van der Waals surface area (Å²) in [6.07, 6.45) is 0.258. The molecule has 0 N–H and O–H groups in total. The quantitative estimate of drug-likeness (QED) is 0.207. The average molecular weight is 449 g/mol. The van der Waals surface area contributed by atoms with Crippen molar-refractivity contribution in [2.45, 2.75) is 18.2 Å². The molecule has 0 aliphatic rings. The zero-order valence-electron chi connectivity index (χ0n) is 16.4. The predicted octanol–water partition coefficient (Wildman–Crippen LogP) is 4.32. The third-order valence-corrected chi connectivity index (χ3v) is 4.68. The van der Waals surface area contributed by atoms with Gasteiger partial charge in [0.1, 0.15) is 18.1 Å². The second-order valence-corrected chi connectivity index (χ2v) is 6.79. The molecule has 0 fully saturated rings. The number of hydrogen-bond acceptors (Lipinski definition) is 8. The fourth-order valence-corrected chi connectivity index (χ4v) is 3.05. The Morgan fingerprint density at radius 1 is 1.29 bits per heavy atom. The number of halogens is 2. The summed E-state index contributed by atoms with van der Waals surface area (Å²) in [6, 6.07) is 10.9. The number of alkyl halides is 2. The van der Waals surface area contributed by atoms with Gasteiger partial charge in [-0.3, -0.25) is 10.1 Å². The summed E-state index contributed by atoms with van der Waals surface area (Å²) >= 11 is 1.14. The first kappa shape index (κ1) is 22.2. The standard InChI is InChI=1S/C19H17F2N5O4S/c1-29-16-7-6-12(10-22-25-18(17(20)21)23-24-19(25)31-2)8-13(16)11-30-15-5-3-4-14(9-15)26(27)28/h3-10,17H,11H2,1-2H3/b22-10-. The molecule has 12 heteroatoms. The van der Waals surface area contributed by atoms with Crippen LogP contribution in [-0.2, 0) is 6.61 Å². The monoisotopic (exact) mass is 449 g/mol. The van der Waals surface area contributed by atoms with Crippen molar-refractivity contribution in [1.29, 1.82) is 0 Å². The van der Waals surface area contributed by atoms with Crippen molar-refractivity contribution in [3.05, 3.63) is 69.5 Å². The van der Waals surface area contributed by atoms with Crippen LogP contribution in [-0.4, -0.2) is 39.4 Å². The van der Waals surface area contributed by atoms with Gasteiger partial charge >= 0.3 is 0 Å². The first-order chi connectivity index (χ1) is 14.9. The lowest BCUT2D eigenvalue weighted by Gasteiger charge is -2.11. The number of nitro benzene ring substituents is 1. The largest absolute Gasteiger partial charge is 0.496 e. The lowest BCUT2D eigenvalue weighted by atomic mass is 10.1. The highest BCUT2D eigenvalue weighted by Crippen LogP contribution is 2.25. The number of ether oxygens (including phenoxy) is 2. The molecule has 0 bridgehead atoms. The van der Waals surface area contributed by atoms with Crippen molar-refractivity contribution in [2.75, 3.05) is 13.4 Å². The highest BCUT2D eigenvalue weighted by Gasteiger charge is 2.19. The Kier molecular flexibility index (Phi) is 7.13. The Labute approximate surface area is 179 Å². The summed E-state index contributed by atoms with van der Waals surface area (Å²) in [5.41, 5.74) is 1.15. The van der Waals surface area contributed by atoms with Crippen LogP contribution >= 0.6 is 11.8 Å². The molecule has 2 aromatic carbocycles. The van der Waals surface area contributed by atoms with Crippen molar-refractivity contribution in [2.24, 2.45) is 5.10 Å². The van der Waals surface area contributed by atoms with Gasteiger partial charge in [0.25, 0.3) is 12.1 Å². The summed E-state index contributed by atoms with van der Waals surface area (Å²) in [5, 5.41) is 22.4. The number of hydrogen-bond donors (Lipinski definition) is 0. The van der Waals surface area contributed by atoms with Crippen LogP contribution < -0.4 is 9.47 Å². The van der Waals surface area contributed by atoms with Crippen molar-refractivity contribution in [1.82, 2.24) is 14.9 Å². The normalized spacial score (nSPS) is 11.3. The van der Waals surface area contributed by atoms with Crippen LogP contribution in [0.4, 0.5) is 14.5 Å². The predicted molar refractivity (Wildman–Crippen MR) is 110 cm³/mol. The van der Waals surface area contributed by atoms with Crippen LogP contribution in [0, 0.1) is 10.1 Å². The molecule has 31 heavy (non-hydrogen) atoms. The Hall–Kier alpha value is -3.54. The van der Waals surface area contributed by atoms with Gasteiger partial charge < -0.3 is 9.47 Å². The molecule has 3 aromatic rings. The van der Waals surface area contributed by atoms with Gasteiger partial charge in [0.05, 0.1) is 24.3 Å². The van der Waals surface area contributed by atoms with E-state index in [-0.39, 0.29) is 17.5 Å². The summed E-state index contributed by atoms with van der Waals surface area (Å²) in [7, 11) is 1.50. The van der Waals surface area contributed by atoms with E-state index in [0.717, 1.165) is 16.4 Å². The molecule has 162 valence electrons. The third kappa shape index (κ3) is 5.34. The molecule has 0 aliphatic heterocycles. The van der Waals surface area contributed by atoms with E-state index in [1.807, 2.05) is 0 Å². The number of rotatable bonds is 9. The topological polar surface area (TPSA) is 105 Å². The fraction of sp³-hybridized carbons (Fsp3) is 0.211. The van der Waals surface area contributed by atoms with Crippen LogP contribution in [0.3, 0.4) is 0 Å². The summed E-state index contributed by atoms with van der Waals surface area (Å²) < 4.78 is 38.2. The van der Waals surface area contributed by atoms with Crippen molar-refractivity contribution in [3.8, 4) is 11.5 Å². The molecule has 3 rings (SSSR count). The Bertz CT molecular complexity index is 1110. The van der Waals surface area contributed by atoms with E-state index in [9.17, 15) is 18.9 Å². The smallest absolute Gasteiger partial charge is 0.299 e. The van der Waals surface area contributed by atoms with Gasteiger partial charge in [-0.25, -0.2) is 8.78 Å². The second kappa shape index (κ2) is 9.98. The van der Waals surface area contributed by atoms with E-state index >= 15 is 0 Å². The average Bonchev–Trinajstić information content (AvgIpc) is 3.19. The van der Waals surface area contributed by atoms with Crippen molar-refractivity contribution >= 4 is 23.7 Å². The van der Waals surface area contributed by atoms with E-state index in [2.05, 4.69) is 15.3 Å². The minimum Gasteiger partial charge on any atom is -0.496 e. The number of nitro groups is 1. The molecule has 0 radical (unpaired) electrons. The van der Waals surface area contributed by atoms with E-state index < -0.39 is 17.2 Å². The first-order valence-corrected chi connectivity index (χ1v) is 10.0. The molecule has 0 aliphatic carbocycles.